The van der Waals surface area contributed by atoms with Gasteiger partial charge in [0.1, 0.15) is 5.75 Å². The number of methoxy groups -OCH3 is 1. The predicted molar refractivity (Wildman–Crippen MR) is 102 cm³/mol. The van der Waals surface area contributed by atoms with Gasteiger partial charge in [-0.2, -0.15) is 5.10 Å². The van der Waals surface area contributed by atoms with Crippen LogP contribution in [0.15, 0.2) is 73.1 Å². The van der Waals surface area contributed by atoms with Gasteiger partial charge in [0.05, 0.1) is 24.0 Å². The number of pyridine rings is 1. The van der Waals surface area contributed by atoms with E-state index in [0.717, 1.165) is 34.6 Å². The van der Waals surface area contributed by atoms with Crippen molar-refractivity contribution in [2.75, 3.05) is 7.11 Å². The molecule has 0 saturated carbocycles. The highest BCUT2D eigenvalue weighted by atomic mass is 16.5. The van der Waals surface area contributed by atoms with E-state index in [9.17, 15) is 0 Å². The molecule has 2 heterocycles. The summed E-state index contributed by atoms with van der Waals surface area (Å²) in [6, 6.07) is 20.3. The summed E-state index contributed by atoms with van der Waals surface area (Å²) in [5.74, 6) is 0.841. The third-order valence-corrected chi connectivity index (χ3v) is 4.28. The first kappa shape index (κ1) is 16.3. The minimum atomic E-state index is 0.716. The summed E-state index contributed by atoms with van der Waals surface area (Å²) in [5, 5.41) is 9.23. The monoisotopic (exact) mass is 344 g/mol. The molecule has 0 atom stereocenters. The summed E-state index contributed by atoms with van der Waals surface area (Å²) in [6.45, 7) is 1.51. The van der Waals surface area contributed by atoms with Crippen LogP contribution >= 0.6 is 0 Å². The second-order valence-electron chi connectivity index (χ2n) is 6.08. The van der Waals surface area contributed by atoms with E-state index in [0.29, 0.717) is 6.54 Å². The average molecular weight is 344 g/mol. The van der Waals surface area contributed by atoms with Gasteiger partial charge in [-0.15, -0.1) is 0 Å². The topological polar surface area (TPSA) is 52.0 Å². The molecule has 0 aliphatic carbocycles. The molecule has 0 aliphatic rings. The lowest BCUT2D eigenvalue weighted by molar-refractivity contribution is 0.414. The largest absolute Gasteiger partial charge is 0.497 e. The predicted octanol–water partition coefficient (Wildman–Crippen LogP) is 3.72. The molecule has 0 unspecified atom stereocenters. The van der Waals surface area contributed by atoms with E-state index >= 15 is 0 Å². The van der Waals surface area contributed by atoms with Gasteiger partial charge in [-0.25, -0.2) is 4.68 Å². The molecule has 26 heavy (non-hydrogen) atoms. The fourth-order valence-corrected chi connectivity index (χ4v) is 2.90. The van der Waals surface area contributed by atoms with E-state index in [1.165, 1.54) is 5.56 Å². The Kier molecular flexibility index (Phi) is 4.62. The molecule has 130 valence electrons. The molecule has 0 radical (unpaired) electrons. The fourth-order valence-electron chi connectivity index (χ4n) is 2.90. The molecule has 0 saturated heterocycles. The Morgan fingerprint density at radius 2 is 1.88 bits per heavy atom. The number of benzene rings is 2. The molecular weight excluding hydrogens is 324 g/mol. The second-order valence-corrected chi connectivity index (χ2v) is 6.08. The number of nitrogens with one attached hydrogen (secondary N) is 1. The van der Waals surface area contributed by atoms with Crippen LogP contribution in [0.4, 0.5) is 0 Å². The molecule has 0 amide bonds. The summed E-state index contributed by atoms with van der Waals surface area (Å²) in [6.07, 6.45) is 3.79. The first-order chi connectivity index (χ1) is 12.8. The van der Waals surface area contributed by atoms with Gasteiger partial charge in [0.2, 0.25) is 0 Å². The van der Waals surface area contributed by atoms with Crippen molar-refractivity contribution < 1.29 is 4.74 Å². The van der Waals surface area contributed by atoms with Crippen molar-refractivity contribution in [1.82, 2.24) is 20.1 Å². The van der Waals surface area contributed by atoms with Gasteiger partial charge in [0.25, 0.3) is 0 Å². The van der Waals surface area contributed by atoms with Crippen molar-refractivity contribution in [2.24, 2.45) is 0 Å². The van der Waals surface area contributed by atoms with Crippen LogP contribution in [0.5, 0.6) is 5.75 Å². The summed E-state index contributed by atoms with van der Waals surface area (Å²) in [4.78, 5) is 4.35. The normalized spacial score (nSPS) is 11.0. The standard InChI is InChI=1S/C21H20N4O/c1-26-20-7-5-19(6-8-20)25-12-10-18(24-25)15-22-14-16-4-9-21-17(13-16)3-2-11-23-21/h2-13,22H,14-15H2,1H3. The van der Waals surface area contributed by atoms with Gasteiger partial charge in [-0.3, -0.25) is 4.98 Å². The highest BCUT2D eigenvalue weighted by molar-refractivity contribution is 5.78. The number of hydrogen-bond acceptors (Lipinski definition) is 4. The van der Waals surface area contributed by atoms with Gasteiger partial charge in [0, 0.05) is 30.9 Å². The SMILES string of the molecule is COc1ccc(-n2ccc(CNCc3ccc4ncccc4c3)n2)cc1. The number of aromatic nitrogens is 3. The molecule has 1 N–H and O–H groups in total. The minimum Gasteiger partial charge on any atom is -0.497 e. The zero-order valence-electron chi connectivity index (χ0n) is 14.6. The Hall–Kier alpha value is -3.18. The molecule has 0 aliphatic heterocycles. The number of nitrogens with zero attached hydrogens (tertiary/aromatic N) is 3. The summed E-state index contributed by atoms with van der Waals surface area (Å²) >= 11 is 0. The molecule has 2 aromatic heterocycles. The van der Waals surface area contributed by atoms with E-state index in [4.69, 9.17) is 4.74 Å². The van der Waals surface area contributed by atoms with Crippen molar-refractivity contribution >= 4 is 10.9 Å². The van der Waals surface area contributed by atoms with Crippen molar-refractivity contribution in [1.29, 1.82) is 0 Å². The molecule has 0 bridgehead atoms. The zero-order chi connectivity index (χ0) is 17.8. The van der Waals surface area contributed by atoms with Gasteiger partial charge in [-0.1, -0.05) is 12.1 Å². The van der Waals surface area contributed by atoms with Crippen LogP contribution in [-0.4, -0.2) is 21.9 Å². The van der Waals surface area contributed by atoms with Gasteiger partial charge in [0.15, 0.2) is 0 Å². The molecule has 5 nitrogen and oxygen atoms in total. The number of hydrogen-bond donors (Lipinski definition) is 1. The quantitative estimate of drug-likeness (QED) is 0.579. The number of rotatable bonds is 6. The molecule has 4 aromatic rings. The van der Waals surface area contributed by atoms with E-state index in [1.807, 2.05) is 53.5 Å². The smallest absolute Gasteiger partial charge is 0.119 e. The Morgan fingerprint density at radius 1 is 1.00 bits per heavy atom. The molecule has 4 rings (SSSR count). The lowest BCUT2D eigenvalue weighted by atomic mass is 10.1. The molecule has 0 fully saturated rings. The Balaban J connectivity index is 1.37. The molecule has 5 heteroatoms. The first-order valence-corrected chi connectivity index (χ1v) is 8.55. The first-order valence-electron chi connectivity index (χ1n) is 8.55. The van der Waals surface area contributed by atoms with Crippen LogP contribution in [0.3, 0.4) is 0 Å². The van der Waals surface area contributed by atoms with Gasteiger partial charge in [-0.05, 0) is 54.1 Å². The van der Waals surface area contributed by atoms with Gasteiger partial charge < -0.3 is 10.1 Å². The summed E-state index contributed by atoms with van der Waals surface area (Å²) in [5.41, 5.74) is 4.27. The minimum absolute atomic E-state index is 0.716. The highest BCUT2D eigenvalue weighted by Crippen LogP contribution is 2.15. The van der Waals surface area contributed by atoms with E-state index in [-0.39, 0.29) is 0 Å². The van der Waals surface area contributed by atoms with E-state index in [1.54, 1.807) is 7.11 Å². The highest BCUT2D eigenvalue weighted by Gasteiger charge is 2.03. The van der Waals surface area contributed by atoms with Crippen molar-refractivity contribution in [3.63, 3.8) is 0 Å². The maximum absolute atomic E-state index is 5.19. The van der Waals surface area contributed by atoms with Crippen molar-refractivity contribution in [3.05, 3.63) is 84.3 Å². The molecule has 2 aromatic carbocycles. The Labute approximate surface area is 152 Å². The lowest BCUT2D eigenvalue weighted by Gasteiger charge is -2.05. The Morgan fingerprint density at radius 3 is 2.73 bits per heavy atom. The van der Waals surface area contributed by atoms with E-state index < -0.39 is 0 Å². The molecular formula is C21H20N4O. The Bertz CT molecular complexity index is 1010. The maximum Gasteiger partial charge on any atom is 0.119 e. The number of fused-ring (bicyclic) bond motifs is 1. The number of ether oxygens (including phenoxy) is 1. The third kappa shape index (κ3) is 3.58. The maximum atomic E-state index is 5.19. The summed E-state index contributed by atoms with van der Waals surface area (Å²) in [7, 11) is 1.67. The fraction of sp³-hybridized carbons (Fsp3) is 0.143. The van der Waals surface area contributed by atoms with E-state index in [2.05, 4.69) is 39.7 Å². The van der Waals surface area contributed by atoms with Crippen LogP contribution < -0.4 is 10.1 Å². The van der Waals surface area contributed by atoms with Crippen molar-refractivity contribution in [3.8, 4) is 11.4 Å². The lowest BCUT2D eigenvalue weighted by Crippen LogP contribution is -2.13. The average Bonchev–Trinajstić information content (AvgIpc) is 3.17. The second kappa shape index (κ2) is 7.37. The van der Waals surface area contributed by atoms with Crippen molar-refractivity contribution in [2.45, 2.75) is 13.1 Å². The van der Waals surface area contributed by atoms with Gasteiger partial charge >= 0.3 is 0 Å². The molecule has 0 spiro atoms. The van der Waals surface area contributed by atoms with Crippen LogP contribution in [0.1, 0.15) is 11.3 Å². The summed E-state index contributed by atoms with van der Waals surface area (Å²) < 4.78 is 7.06. The van der Waals surface area contributed by atoms with Crippen LogP contribution in [0, 0.1) is 0 Å². The zero-order valence-corrected chi connectivity index (χ0v) is 14.6. The third-order valence-electron chi connectivity index (χ3n) is 4.28. The van der Waals surface area contributed by atoms with Crippen LogP contribution in [-0.2, 0) is 13.1 Å². The van der Waals surface area contributed by atoms with Crippen LogP contribution in [0.2, 0.25) is 0 Å². The van der Waals surface area contributed by atoms with Crippen LogP contribution in [0.25, 0.3) is 16.6 Å².